The minimum Gasteiger partial charge on any atom is -0.497 e. The molecule has 5 rings (SSSR count). The first-order valence-electron chi connectivity index (χ1n) is 10.7. The van der Waals surface area contributed by atoms with E-state index in [4.69, 9.17) is 9.47 Å². The summed E-state index contributed by atoms with van der Waals surface area (Å²) in [7, 11) is 1.64. The number of hydrogen-bond donors (Lipinski definition) is 1. The molecule has 29 heavy (non-hydrogen) atoms. The minimum absolute atomic E-state index is 0.0351. The Morgan fingerprint density at radius 2 is 2.14 bits per heavy atom. The van der Waals surface area contributed by atoms with Crippen LogP contribution in [-0.2, 0) is 26.2 Å². The number of likely N-dealkylation sites (tertiary alicyclic amines) is 1. The third kappa shape index (κ3) is 2.83. The van der Waals surface area contributed by atoms with Gasteiger partial charge in [0, 0.05) is 37.8 Å². The van der Waals surface area contributed by atoms with Crippen molar-refractivity contribution < 1.29 is 24.2 Å². The lowest BCUT2D eigenvalue weighted by Gasteiger charge is -2.64. The van der Waals surface area contributed by atoms with Gasteiger partial charge in [-0.2, -0.15) is 0 Å². The number of carbonyl (C=O) groups is 2. The number of nitrogens with zero attached hydrogens (tertiary/aromatic N) is 1. The van der Waals surface area contributed by atoms with E-state index < -0.39 is 23.1 Å². The van der Waals surface area contributed by atoms with Crippen molar-refractivity contribution in [3.8, 4) is 5.75 Å². The van der Waals surface area contributed by atoms with E-state index in [0.29, 0.717) is 6.42 Å². The number of aliphatic hydroxyl groups is 1. The molecule has 156 valence electrons. The SMILES string of the molecule is COc1ccc2c(c1)C13CCN(CC4CC4)C(C2)C1(O)CC(=O)C(OC(C)=O)C3. The van der Waals surface area contributed by atoms with Crippen molar-refractivity contribution in [3.63, 3.8) is 0 Å². The van der Waals surface area contributed by atoms with Gasteiger partial charge >= 0.3 is 5.97 Å². The molecule has 1 aromatic carbocycles. The molecule has 3 aliphatic carbocycles. The summed E-state index contributed by atoms with van der Waals surface area (Å²) >= 11 is 0. The van der Waals surface area contributed by atoms with Gasteiger partial charge in [0.1, 0.15) is 5.75 Å². The van der Waals surface area contributed by atoms with Crippen molar-refractivity contribution in [1.82, 2.24) is 4.90 Å². The Labute approximate surface area is 171 Å². The van der Waals surface area contributed by atoms with Gasteiger partial charge in [0.05, 0.1) is 12.7 Å². The Bertz CT molecular complexity index is 865. The number of carbonyl (C=O) groups excluding carboxylic acids is 2. The van der Waals surface area contributed by atoms with Crippen LogP contribution in [0.5, 0.6) is 5.75 Å². The van der Waals surface area contributed by atoms with E-state index in [2.05, 4.69) is 11.0 Å². The number of hydrogen-bond acceptors (Lipinski definition) is 6. The van der Waals surface area contributed by atoms with Crippen molar-refractivity contribution in [3.05, 3.63) is 29.3 Å². The zero-order valence-electron chi connectivity index (χ0n) is 17.1. The first-order valence-corrected chi connectivity index (χ1v) is 10.7. The van der Waals surface area contributed by atoms with E-state index in [9.17, 15) is 14.7 Å². The fourth-order valence-electron chi connectivity index (χ4n) is 6.15. The normalized spacial score (nSPS) is 36.2. The molecule has 2 bridgehead atoms. The standard InChI is InChI=1S/C23H29NO5/c1-14(25)29-20-12-22-7-8-24(13-15-3-4-15)21(23(22,27)11-19(20)26)9-16-5-6-17(28-2)10-18(16)22/h5-6,10,15,20-21,27H,3-4,7-9,11-13H2,1-2H3. The molecule has 2 saturated carbocycles. The first kappa shape index (κ1) is 19.1. The van der Waals surface area contributed by atoms with Crippen LogP contribution in [0.25, 0.3) is 0 Å². The molecule has 1 aliphatic heterocycles. The Kier molecular flexibility index (Phi) is 4.30. The highest BCUT2D eigenvalue weighted by molar-refractivity contribution is 5.88. The molecule has 4 unspecified atom stereocenters. The van der Waals surface area contributed by atoms with Crippen molar-refractivity contribution in [1.29, 1.82) is 0 Å². The highest BCUT2D eigenvalue weighted by Crippen LogP contribution is 2.58. The average Bonchev–Trinajstić information content (AvgIpc) is 3.48. The fraction of sp³-hybridized carbons (Fsp3) is 0.652. The van der Waals surface area contributed by atoms with Crippen LogP contribution < -0.4 is 4.74 Å². The van der Waals surface area contributed by atoms with Gasteiger partial charge in [0.25, 0.3) is 0 Å². The monoisotopic (exact) mass is 399 g/mol. The van der Waals surface area contributed by atoms with Gasteiger partial charge in [-0.05, 0) is 61.4 Å². The number of ether oxygens (including phenoxy) is 2. The van der Waals surface area contributed by atoms with Gasteiger partial charge in [-0.25, -0.2) is 0 Å². The topological polar surface area (TPSA) is 76.1 Å². The second-order valence-electron chi connectivity index (χ2n) is 9.38. The highest BCUT2D eigenvalue weighted by atomic mass is 16.5. The zero-order valence-corrected chi connectivity index (χ0v) is 17.1. The highest BCUT2D eigenvalue weighted by Gasteiger charge is 2.67. The van der Waals surface area contributed by atoms with Gasteiger partial charge in [-0.3, -0.25) is 14.5 Å². The van der Waals surface area contributed by atoms with E-state index in [1.54, 1.807) is 7.11 Å². The number of Topliss-reactive ketones (excluding diaryl/α,β-unsaturated/α-hetero) is 1. The van der Waals surface area contributed by atoms with Crippen LogP contribution in [0.1, 0.15) is 50.2 Å². The Morgan fingerprint density at radius 1 is 1.34 bits per heavy atom. The van der Waals surface area contributed by atoms with E-state index >= 15 is 0 Å². The molecule has 4 atom stereocenters. The largest absolute Gasteiger partial charge is 0.497 e. The van der Waals surface area contributed by atoms with Crippen LogP contribution in [0.3, 0.4) is 0 Å². The van der Waals surface area contributed by atoms with Crippen LogP contribution in [0.15, 0.2) is 18.2 Å². The van der Waals surface area contributed by atoms with E-state index in [1.807, 2.05) is 12.1 Å². The molecule has 1 aromatic rings. The summed E-state index contributed by atoms with van der Waals surface area (Å²) in [4.78, 5) is 27.0. The molecular weight excluding hydrogens is 370 g/mol. The molecule has 0 spiro atoms. The minimum atomic E-state index is -1.15. The maximum Gasteiger partial charge on any atom is 0.303 e. The average molecular weight is 399 g/mol. The molecule has 0 aromatic heterocycles. The quantitative estimate of drug-likeness (QED) is 0.781. The predicted octanol–water partition coefficient (Wildman–Crippen LogP) is 2.00. The second kappa shape index (κ2) is 6.54. The summed E-state index contributed by atoms with van der Waals surface area (Å²) in [6.07, 6.45) is 3.58. The molecular formula is C23H29NO5. The van der Waals surface area contributed by atoms with Gasteiger partial charge in [-0.15, -0.1) is 0 Å². The van der Waals surface area contributed by atoms with Crippen LogP contribution in [-0.4, -0.2) is 59.7 Å². The van der Waals surface area contributed by atoms with E-state index in [-0.39, 0.29) is 18.2 Å². The van der Waals surface area contributed by atoms with E-state index in [1.165, 1.54) is 25.3 Å². The van der Waals surface area contributed by atoms with Gasteiger partial charge in [-0.1, -0.05) is 6.07 Å². The van der Waals surface area contributed by atoms with Crippen molar-refractivity contribution >= 4 is 11.8 Å². The molecule has 0 amide bonds. The summed E-state index contributed by atoms with van der Waals surface area (Å²) in [5.41, 5.74) is 0.518. The second-order valence-corrected chi connectivity index (χ2v) is 9.38. The lowest BCUT2D eigenvalue weighted by atomic mass is 9.49. The molecule has 0 radical (unpaired) electrons. The van der Waals surface area contributed by atoms with Crippen LogP contribution in [0.2, 0.25) is 0 Å². The zero-order chi connectivity index (χ0) is 20.4. The van der Waals surface area contributed by atoms with Crippen LogP contribution in [0.4, 0.5) is 0 Å². The van der Waals surface area contributed by atoms with Crippen molar-refractivity contribution in [2.45, 2.75) is 68.6 Å². The maximum absolute atomic E-state index is 12.9. The Hall–Kier alpha value is -1.92. The molecule has 1 heterocycles. The van der Waals surface area contributed by atoms with E-state index in [0.717, 1.165) is 43.2 Å². The van der Waals surface area contributed by atoms with Gasteiger partial charge in [0.2, 0.25) is 0 Å². The molecule has 1 N–H and O–H groups in total. The molecule has 6 heteroatoms. The molecule has 1 saturated heterocycles. The summed E-state index contributed by atoms with van der Waals surface area (Å²) in [6.45, 7) is 3.22. The molecule has 4 aliphatic rings. The third-order valence-corrected chi connectivity index (χ3v) is 7.73. The van der Waals surface area contributed by atoms with Crippen LogP contribution in [0, 0.1) is 5.92 Å². The summed E-state index contributed by atoms with van der Waals surface area (Å²) < 4.78 is 10.9. The van der Waals surface area contributed by atoms with Crippen molar-refractivity contribution in [2.75, 3.05) is 20.2 Å². The summed E-state index contributed by atoms with van der Waals surface area (Å²) in [5.74, 6) is 0.856. The number of benzene rings is 1. The van der Waals surface area contributed by atoms with Crippen molar-refractivity contribution in [2.24, 2.45) is 5.92 Å². The predicted molar refractivity (Wildman–Crippen MR) is 106 cm³/mol. The third-order valence-electron chi connectivity index (χ3n) is 7.73. The lowest BCUT2D eigenvalue weighted by molar-refractivity contribution is -0.193. The lowest BCUT2D eigenvalue weighted by Crippen LogP contribution is -2.75. The fourth-order valence-corrected chi connectivity index (χ4v) is 6.15. The van der Waals surface area contributed by atoms with Gasteiger partial charge in [0.15, 0.2) is 11.9 Å². The molecule has 6 nitrogen and oxygen atoms in total. The Balaban J connectivity index is 1.62. The number of methoxy groups -OCH3 is 1. The number of fused-ring (bicyclic) bond motifs is 1. The number of piperidine rings is 1. The molecule has 3 fully saturated rings. The number of rotatable bonds is 4. The summed E-state index contributed by atoms with van der Waals surface area (Å²) in [5, 5.41) is 12.2. The maximum atomic E-state index is 12.9. The Morgan fingerprint density at radius 3 is 2.83 bits per heavy atom. The summed E-state index contributed by atoms with van der Waals surface area (Å²) in [6, 6.07) is 6.01. The smallest absolute Gasteiger partial charge is 0.303 e. The van der Waals surface area contributed by atoms with Crippen LogP contribution >= 0.6 is 0 Å². The number of esters is 1. The first-order chi connectivity index (χ1) is 13.9. The van der Waals surface area contributed by atoms with Gasteiger partial charge < -0.3 is 14.6 Å². The number of ketones is 1.